The fourth-order valence-electron chi connectivity index (χ4n) is 1.84. The van der Waals surface area contributed by atoms with Crippen LogP contribution in [0.2, 0.25) is 0 Å². The van der Waals surface area contributed by atoms with E-state index in [4.69, 9.17) is 4.74 Å². The van der Waals surface area contributed by atoms with Gasteiger partial charge in [-0.1, -0.05) is 6.92 Å². The molecular formula is C13H16N4O. The van der Waals surface area contributed by atoms with Crippen LogP contribution in [-0.2, 0) is 0 Å². The number of ether oxygens (including phenoxy) is 1. The van der Waals surface area contributed by atoms with Gasteiger partial charge in [-0.15, -0.1) is 0 Å². The lowest BCUT2D eigenvalue weighted by molar-refractivity contribution is 0.401. The molecule has 0 amide bonds. The van der Waals surface area contributed by atoms with E-state index >= 15 is 0 Å². The van der Waals surface area contributed by atoms with E-state index in [0.29, 0.717) is 0 Å². The maximum atomic E-state index is 5.34. The largest absolute Gasteiger partial charge is 0.495 e. The van der Waals surface area contributed by atoms with Gasteiger partial charge in [-0.2, -0.15) is 0 Å². The van der Waals surface area contributed by atoms with E-state index < -0.39 is 0 Å². The highest BCUT2D eigenvalue weighted by molar-refractivity contribution is 5.37. The first-order chi connectivity index (χ1) is 8.86. The molecule has 2 aromatic rings. The molecule has 1 unspecified atom stereocenters. The van der Waals surface area contributed by atoms with Crippen LogP contribution in [0.5, 0.6) is 5.75 Å². The van der Waals surface area contributed by atoms with Crippen LogP contribution >= 0.6 is 0 Å². The van der Waals surface area contributed by atoms with Crippen molar-refractivity contribution in [1.29, 1.82) is 0 Å². The minimum atomic E-state index is -0.0401. The van der Waals surface area contributed by atoms with Crippen molar-refractivity contribution in [2.45, 2.75) is 13.0 Å². The molecule has 0 bridgehead atoms. The molecule has 1 atom stereocenters. The lowest BCUT2D eigenvalue weighted by atomic mass is 10.0. The Kier molecular flexibility index (Phi) is 4.20. The molecule has 0 spiro atoms. The van der Waals surface area contributed by atoms with E-state index in [2.05, 4.69) is 27.2 Å². The van der Waals surface area contributed by atoms with Crippen LogP contribution in [0.1, 0.15) is 24.2 Å². The van der Waals surface area contributed by atoms with Crippen molar-refractivity contribution in [3.8, 4) is 5.75 Å². The first-order valence-electron chi connectivity index (χ1n) is 5.84. The smallest absolute Gasteiger partial charge is 0.142 e. The summed E-state index contributed by atoms with van der Waals surface area (Å²) in [5.41, 5.74) is 1.87. The molecular weight excluding hydrogens is 228 g/mol. The van der Waals surface area contributed by atoms with Gasteiger partial charge in [0.1, 0.15) is 5.75 Å². The Labute approximate surface area is 106 Å². The van der Waals surface area contributed by atoms with Gasteiger partial charge in [0.25, 0.3) is 0 Å². The Morgan fingerprint density at radius 1 is 1.22 bits per heavy atom. The molecule has 5 nitrogen and oxygen atoms in total. The zero-order chi connectivity index (χ0) is 12.8. The van der Waals surface area contributed by atoms with Gasteiger partial charge in [0.2, 0.25) is 0 Å². The summed E-state index contributed by atoms with van der Waals surface area (Å²) in [4.78, 5) is 12.5. The van der Waals surface area contributed by atoms with Gasteiger partial charge >= 0.3 is 0 Å². The van der Waals surface area contributed by atoms with E-state index in [0.717, 1.165) is 23.6 Å². The summed E-state index contributed by atoms with van der Waals surface area (Å²) in [6, 6.07) is 1.89. The van der Waals surface area contributed by atoms with Crippen LogP contribution in [0.4, 0.5) is 0 Å². The summed E-state index contributed by atoms with van der Waals surface area (Å²) in [5.74, 6) is 0.745. The van der Waals surface area contributed by atoms with E-state index in [1.807, 2.05) is 6.07 Å². The summed E-state index contributed by atoms with van der Waals surface area (Å²) >= 11 is 0. The second-order valence-corrected chi connectivity index (χ2v) is 3.74. The average molecular weight is 244 g/mol. The lowest BCUT2D eigenvalue weighted by Gasteiger charge is -2.19. The Morgan fingerprint density at radius 3 is 2.72 bits per heavy atom. The third-order valence-corrected chi connectivity index (χ3v) is 2.63. The van der Waals surface area contributed by atoms with E-state index in [9.17, 15) is 0 Å². The summed E-state index contributed by atoms with van der Waals surface area (Å²) in [6.07, 6.45) is 8.56. The molecule has 18 heavy (non-hydrogen) atoms. The predicted octanol–water partition coefficient (Wildman–Crippen LogP) is 1.58. The Bertz CT molecular complexity index is 489. The summed E-state index contributed by atoms with van der Waals surface area (Å²) in [6.45, 7) is 2.88. The summed E-state index contributed by atoms with van der Waals surface area (Å²) in [7, 11) is 1.64. The molecule has 0 aliphatic heterocycles. The quantitative estimate of drug-likeness (QED) is 0.865. The number of rotatable bonds is 5. The number of aromatic nitrogens is 3. The van der Waals surface area contributed by atoms with Gasteiger partial charge in [-0.3, -0.25) is 15.0 Å². The third kappa shape index (κ3) is 2.62. The second-order valence-electron chi connectivity index (χ2n) is 3.74. The zero-order valence-corrected chi connectivity index (χ0v) is 10.5. The second kappa shape index (κ2) is 6.07. The Balaban J connectivity index is 2.41. The van der Waals surface area contributed by atoms with Crippen LogP contribution in [0.3, 0.4) is 0 Å². The van der Waals surface area contributed by atoms with Crippen LogP contribution < -0.4 is 10.1 Å². The zero-order valence-electron chi connectivity index (χ0n) is 10.5. The predicted molar refractivity (Wildman–Crippen MR) is 68.3 cm³/mol. The third-order valence-electron chi connectivity index (χ3n) is 2.63. The standard InChI is InChI=1S/C13H16N4O/c1-3-16-13(11-8-15-6-7-17-11)10-4-5-14-9-12(10)18-2/h4-9,13,16H,3H2,1-2H3. The minimum Gasteiger partial charge on any atom is -0.495 e. The number of nitrogens with zero attached hydrogens (tertiary/aromatic N) is 3. The SMILES string of the molecule is CCNC(c1cnccn1)c1ccncc1OC. The minimum absolute atomic E-state index is 0.0401. The molecule has 0 aromatic carbocycles. The van der Waals surface area contributed by atoms with Crippen LogP contribution in [0.25, 0.3) is 0 Å². The first kappa shape index (κ1) is 12.4. The maximum Gasteiger partial charge on any atom is 0.142 e. The normalized spacial score (nSPS) is 12.1. The average Bonchev–Trinajstić information content (AvgIpc) is 2.46. The van der Waals surface area contributed by atoms with E-state index in [-0.39, 0.29) is 6.04 Å². The molecule has 2 heterocycles. The molecule has 5 heteroatoms. The highest BCUT2D eigenvalue weighted by atomic mass is 16.5. The topological polar surface area (TPSA) is 59.9 Å². The molecule has 2 aromatic heterocycles. The fourth-order valence-corrected chi connectivity index (χ4v) is 1.84. The fraction of sp³-hybridized carbons (Fsp3) is 0.308. The molecule has 2 rings (SSSR count). The highest BCUT2D eigenvalue weighted by Crippen LogP contribution is 2.27. The van der Waals surface area contributed by atoms with Gasteiger partial charge in [0.15, 0.2) is 0 Å². The first-order valence-corrected chi connectivity index (χ1v) is 5.84. The highest BCUT2D eigenvalue weighted by Gasteiger charge is 2.18. The van der Waals surface area contributed by atoms with Gasteiger partial charge in [0, 0.05) is 24.2 Å². The molecule has 1 N–H and O–H groups in total. The number of pyridine rings is 1. The van der Waals surface area contributed by atoms with Crippen LogP contribution in [0.15, 0.2) is 37.1 Å². The maximum absolute atomic E-state index is 5.34. The summed E-state index contributed by atoms with van der Waals surface area (Å²) in [5, 5.41) is 3.38. The van der Waals surface area contributed by atoms with Crippen LogP contribution in [-0.4, -0.2) is 28.6 Å². The van der Waals surface area contributed by atoms with Crippen molar-refractivity contribution >= 4 is 0 Å². The van der Waals surface area contributed by atoms with Crippen molar-refractivity contribution < 1.29 is 4.74 Å². The number of hydrogen-bond acceptors (Lipinski definition) is 5. The lowest BCUT2D eigenvalue weighted by Crippen LogP contribution is -2.23. The molecule has 0 radical (unpaired) electrons. The van der Waals surface area contributed by atoms with Crippen LogP contribution in [0, 0.1) is 0 Å². The van der Waals surface area contributed by atoms with Crippen molar-refractivity contribution in [2.24, 2.45) is 0 Å². The van der Waals surface area contributed by atoms with Crippen molar-refractivity contribution in [1.82, 2.24) is 20.3 Å². The summed E-state index contributed by atoms with van der Waals surface area (Å²) < 4.78 is 5.34. The van der Waals surface area contributed by atoms with Gasteiger partial charge in [-0.25, -0.2) is 0 Å². The number of methoxy groups -OCH3 is 1. The molecule has 0 aliphatic carbocycles. The van der Waals surface area contributed by atoms with Gasteiger partial charge < -0.3 is 10.1 Å². The molecule has 0 fully saturated rings. The van der Waals surface area contributed by atoms with Crippen molar-refractivity contribution in [3.63, 3.8) is 0 Å². The Morgan fingerprint density at radius 2 is 2.06 bits per heavy atom. The molecule has 0 saturated heterocycles. The van der Waals surface area contributed by atoms with Gasteiger partial charge in [0.05, 0.1) is 31.2 Å². The van der Waals surface area contributed by atoms with Crippen molar-refractivity contribution in [3.05, 3.63) is 48.3 Å². The molecule has 94 valence electrons. The number of nitrogens with one attached hydrogen (secondary N) is 1. The number of hydrogen-bond donors (Lipinski definition) is 1. The van der Waals surface area contributed by atoms with E-state index in [1.165, 1.54) is 0 Å². The monoisotopic (exact) mass is 244 g/mol. The van der Waals surface area contributed by atoms with Gasteiger partial charge in [-0.05, 0) is 12.6 Å². The Hall–Kier alpha value is -2.01. The van der Waals surface area contributed by atoms with Crippen molar-refractivity contribution in [2.75, 3.05) is 13.7 Å². The molecule has 0 saturated carbocycles. The molecule has 0 aliphatic rings. The van der Waals surface area contributed by atoms with E-state index in [1.54, 1.807) is 38.1 Å².